The van der Waals surface area contributed by atoms with Gasteiger partial charge < -0.3 is 9.64 Å². The number of carbonyl (C=O) groups is 2. The summed E-state index contributed by atoms with van der Waals surface area (Å²) in [6.45, 7) is 0.590. The fourth-order valence-corrected chi connectivity index (χ4v) is 2.23. The summed E-state index contributed by atoms with van der Waals surface area (Å²) in [4.78, 5) is 24.9. The molecule has 17 heavy (non-hydrogen) atoms. The highest BCUT2D eigenvalue weighted by atomic mass is 35.5. The Morgan fingerprint density at radius 3 is 2.82 bits per heavy atom. The van der Waals surface area contributed by atoms with E-state index >= 15 is 0 Å². The van der Waals surface area contributed by atoms with Crippen molar-refractivity contribution in [3.05, 3.63) is 28.8 Å². The number of para-hydroxylation sites is 1. The standard InChI is InChI=1S/C12H12ClNO3/c1-17-12(16)8-4-2-5-9(13)11(8)14-7-3-6-10(14)15/h2,4-5H,3,6-7H2,1H3. The summed E-state index contributed by atoms with van der Waals surface area (Å²) in [5.74, 6) is -0.495. The normalized spacial score (nSPS) is 15.2. The molecule has 0 aromatic heterocycles. The van der Waals surface area contributed by atoms with Gasteiger partial charge in [0.15, 0.2) is 0 Å². The summed E-state index contributed by atoms with van der Waals surface area (Å²) in [7, 11) is 1.30. The molecule has 1 aromatic carbocycles. The van der Waals surface area contributed by atoms with Crippen molar-refractivity contribution in [3.8, 4) is 0 Å². The fourth-order valence-electron chi connectivity index (χ4n) is 1.95. The van der Waals surface area contributed by atoms with E-state index in [-0.39, 0.29) is 5.91 Å². The van der Waals surface area contributed by atoms with Gasteiger partial charge in [0.25, 0.3) is 0 Å². The topological polar surface area (TPSA) is 46.6 Å². The van der Waals surface area contributed by atoms with Crippen LogP contribution in [0, 0.1) is 0 Å². The van der Waals surface area contributed by atoms with Gasteiger partial charge in [-0.3, -0.25) is 4.79 Å². The van der Waals surface area contributed by atoms with E-state index in [2.05, 4.69) is 0 Å². The maximum Gasteiger partial charge on any atom is 0.340 e. The van der Waals surface area contributed by atoms with Crippen LogP contribution < -0.4 is 4.90 Å². The van der Waals surface area contributed by atoms with Gasteiger partial charge in [-0.05, 0) is 18.6 Å². The smallest absolute Gasteiger partial charge is 0.340 e. The van der Waals surface area contributed by atoms with Gasteiger partial charge in [0.05, 0.1) is 23.4 Å². The Balaban J connectivity index is 2.50. The van der Waals surface area contributed by atoms with Crippen LogP contribution in [0.25, 0.3) is 0 Å². The van der Waals surface area contributed by atoms with Gasteiger partial charge in [-0.1, -0.05) is 17.7 Å². The third-order valence-electron chi connectivity index (χ3n) is 2.74. The van der Waals surface area contributed by atoms with Crippen LogP contribution in [0.4, 0.5) is 5.69 Å². The van der Waals surface area contributed by atoms with Crippen LogP contribution in [-0.2, 0) is 9.53 Å². The third-order valence-corrected chi connectivity index (χ3v) is 3.04. The summed E-state index contributed by atoms with van der Waals surface area (Å²) in [5.41, 5.74) is 0.791. The van der Waals surface area contributed by atoms with Crippen molar-refractivity contribution in [3.63, 3.8) is 0 Å². The Hall–Kier alpha value is -1.55. The van der Waals surface area contributed by atoms with Crippen LogP contribution in [0.3, 0.4) is 0 Å². The van der Waals surface area contributed by atoms with Crippen molar-refractivity contribution in [1.29, 1.82) is 0 Å². The van der Waals surface area contributed by atoms with Gasteiger partial charge in [0.1, 0.15) is 0 Å². The van der Waals surface area contributed by atoms with Crippen LogP contribution in [-0.4, -0.2) is 25.5 Å². The number of rotatable bonds is 2. The van der Waals surface area contributed by atoms with E-state index in [9.17, 15) is 9.59 Å². The number of nitrogens with zero attached hydrogens (tertiary/aromatic N) is 1. The lowest BCUT2D eigenvalue weighted by Crippen LogP contribution is -2.26. The highest BCUT2D eigenvalue weighted by molar-refractivity contribution is 6.34. The van der Waals surface area contributed by atoms with Gasteiger partial charge in [0.2, 0.25) is 5.91 Å². The molecule has 0 saturated carbocycles. The lowest BCUT2D eigenvalue weighted by atomic mass is 10.1. The molecular weight excluding hydrogens is 242 g/mol. The second kappa shape index (κ2) is 4.75. The molecule has 1 saturated heterocycles. The van der Waals surface area contributed by atoms with E-state index in [1.807, 2.05) is 0 Å². The quantitative estimate of drug-likeness (QED) is 0.760. The first-order valence-corrected chi connectivity index (χ1v) is 5.70. The number of hydrogen-bond acceptors (Lipinski definition) is 3. The SMILES string of the molecule is COC(=O)c1cccc(Cl)c1N1CCCC1=O. The molecule has 4 nitrogen and oxygen atoms in total. The van der Waals surface area contributed by atoms with E-state index in [1.54, 1.807) is 23.1 Å². The molecule has 2 rings (SSSR count). The summed E-state index contributed by atoms with van der Waals surface area (Å²) in [5, 5.41) is 0.392. The number of carbonyl (C=O) groups excluding carboxylic acids is 2. The predicted molar refractivity (Wildman–Crippen MR) is 64.4 cm³/mol. The maximum atomic E-state index is 11.7. The first kappa shape index (κ1) is 11.9. The maximum absolute atomic E-state index is 11.7. The van der Waals surface area contributed by atoms with Crippen molar-refractivity contribution < 1.29 is 14.3 Å². The summed E-state index contributed by atoms with van der Waals surface area (Å²) >= 11 is 6.07. The molecule has 0 bridgehead atoms. The van der Waals surface area contributed by atoms with E-state index < -0.39 is 5.97 Å². The predicted octanol–water partition coefficient (Wildman–Crippen LogP) is 2.25. The Bertz CT molecular complexity index is 473. The van der Waals surface area contributed by atoms with Crippen LogP contribution >= 0.6 is 11.6 Å². The largest absolute Gasteiger partial charge is 0.465 e. The molecule has 1 heterocycles. The molecule has 5 heteroatoms. The molecule has 0 aliphatic carbocycles. The number of amides is 1. The zero-order valence-corrected chi connectivity index (χ0v) is 10.2. The fraction of sp³-hybridized carbons (Fsp3) is 0.333. The second-order valence-corrected chi connectivity index (χ2v) is 4.18. The van der Waals surface area contributed by atoms with Gasteiger partial charge in [-0.15, -0.1) is 0 Å². The van der Waals surface area contributed by atoms with E-state index in [0.717, 1.165) is 6.42 Å². The Morgan fingerprint density at radius 2 is 2.24 bits per heavy atom. The van der Waals surface area contributed by atoms with Crippen LogP contribution in [0.5, 0.6) is 0 Å². The van der Waals surface area contributed by atoms with Gasteiger partial charge in [-0.2, -0.15) is 0 Å². The molecule has 0 atom stereocenters. The zero-order chi connectivity index (χ0) is 12.4. The number of esters is 1. The van der Waals surface area contributed by atoms with Gasteiger partial charge in [0, 0.05) is 13.0 Å². The molecule has 1 aliphatic rings. The molecular formula is C12H12ClNO3. The van der Waals surface area contributed by atoms with Crippen molar-refractivity contribution in [2.75, 3.05) is 18.6 Å². The highest BCUT2D eigenvalue weighted by Gasteiger charge is 2.28. The Labute approximate surface area is 104 Å². The van der Waals surface area contributed by atoms with Crippen molar-refractivity contribution in [2.45, 2.75) is 12.8 Å². The average Bonchev–Trinajstić information content (AvgIpc) is 2.74. The van der Waals surface area contributed by atoms with Gasteiger partial charge >= 0.3 is 5.97 Å². The van der Waals surface area contributed by atoms with E-state index in [0.29, 0.717) is 29.2 Å². The molecule has 1 amide bonds. The molecule has 90 valence electrons. The minimum absolute atomic E-state index is 0.0109. The number of methoxy groups -OCH3 is 1. The van der Waals surface area contributed by atoms with E-state index in [1.165, 1.54) is 7.11 Å². The Kier molecular flexibility index (Phi) is 3.33. The number of hydrogen-bond donors (Lipinski definition) is 0. The van der Waals surface area contributed by atoms with Crippen molar-refractivity contribution >= 4 is 29.2 Å². The van der Waals surface area contributed by atoms with Crippen LogP contribution in [0.1, 0.15) is 23.2 Å². The minimum atomic E-state index is -0.484. The van der Waals surface area contributed by atoms with Crippen molar-refractivity contribution in [2.24, 2.45) is 0 Å². The third kappa shape index (κ3) is 2.13. The number of benzene rings is 1. The Morgan fingerprint density at radius 1 is 1.47 bits per heavy atom. The molecule has 1 fully saturated rings. The molecule has 0 radical (unpaired) electrons. The molecule has 0 spiro atoms. The molecule has 1 aliphatic heterocycles. The summed E-state index contributed by atoms with van der Waals surface area (Å²) < 4.78 is 4.69. The molecule has 0 N–H and O–H groups in total. The first-order chi connectivity index (χ1) is 8.15. The van der Waals surface area contributed by atoms with Crippen molar-refractivity contribution in [1.82, 2.24) is 0 Å². The van der Waals surface area contributed by atoms with E-state index in [4.69, 9.17) is 16.3 Å². The lowest BCUT2D eigenvalue weighted by Gasteiger charge is -2.20. The van der Waals surface area contributed by atoms with Crippen LogP contribution in [0.15, 0.2) is 18.2 Å². The monoisotopic (exact) mass is 253 g/mol. The first-order valence-electron chi connectivity index (χ1n) is 5.32. The zero-order valence-electron chi connectivity index (χ0n) is 9.40. The molecule has 1 aromatic rings. The second-order valence-electron chi connectivity index (χ2n) is 3.78. The lowest BCUT2D eigenvalue weighted by molar-refractivity contribution is -0.117. The summed E-state index contributed by atoms with van der Waals surface area (Å²) in [6.07, 6.45) is 1.27. The number of anilines is 1. The van der Waals surface area contributed by atoms with Crippen LogP contribution in [0.2, 0.25) is 5.02 Å². The van der Waals surface area contributed by atoms with Gasteiger partial charge in [-0.25, -0.2) is 4.79 Å². The minimum Gasteiger partial charge on any atom is -0.465 e. The average molecular weight is 254 g/mol. The number of ether oxygens (including phenoxy) is 1. The number of halogens is 1. The highest BCUT2D eigenvalue weighted by Crippen LogP contribution is 2.33. The summed E-state index contributed by atoms with van der Waals surface area (Å²) in [6, 6.07) is 4.94. The molecule has 0 unspecified atom stereocenters.